The third-order valence-corrected chi connectivity index (χ3v) is 3.33. The van der Waals surface area contributed by atoms with E-state index in [4.69, 9.17) is 9.47 Å². The SMILES string of the molecule is COCC(C)Nc1nccn1-c1cc(Br)ccc1OC. The lowest BCUT2D eigenvalue weighted by atomic mass is 10.3. The molecule has 0 aliphatic rings. The Morgan fingerprint density at radius 1 is 1.40 bits per heavy atom. The molecular weight excluding hydrogens is 322 g/mol. The number of halogens is 1. The molecule has 6 heteroatoms. The minimum atomic E-state index is 0.166. The highest BCUT2D eigenvalue weighted by Gasteiger charge is 2.12. The maximum Gasteiger partial charge on any atom is 0.207 e. The molecule has 1 unspecified atom stereocenters. The summed E-state index contributed by atoms with van der Waals surface area (Å²) in [6.07, 6.45) is 3.65. The number of imidazole rings is 1. The van der Waals surface area contributed by atoms with E-state index in [-0.39, 0.29) is 6.04 Å². The molecule has 20 heavy (non-hydrogen) atoms. The number of hydrogen-bond donors (Lipinski definition) is 1. The van der Waals surface area contributed by atoms with E-state index in [1.165, 1.54) is 0 Å². The molecule has 1 aromatic carbocycles. The summed E-state index contributed by atoms with van der Waals surface area (Å²) in [4.78, 5) is 4.35. The highest BCUT2D eigenvalue weighted by atomic mass is 79.9. The molecule has 1 aromatic heterocycles. The van der Waals surface area contributed by atoms with Crippen LogP contribution in [0.2, 0.25) is 0 Å². The van der Waals surface area contributed by atoms with Crippen LogP contribution in [0.3, 0.4) is 0 Å². The molecule has 0 fully saturated rings. The smallest absolute Gasteiger partial charge is 0.207 e. The van der Waals surface area contributed by atoms with E-state index in [9.17, 15) is 0 Å². The van der Waals surface area contributed by atoms with Gasteiger partial charge in [-0.2, -0.15) is 0 Å². The average Bonchev–Trinajstić information content (AvgIpc) is 2.86. The number of benzene rings is 1. The summed E-state index contributed by atoms with van der Waals surface area (Å²) in [5.74, 6) is 1.54. The van der Waals surface area contributed by atoms with Crippen LogP contribution < -0.4 is 10.1 Å². The summed E-state index contributed by atoms with van der Waals surface area (Å²) in [6, 6.07) is 6.02. The van der Waals surface area contributed by atoms with Crippen LogP contribution in [0.5, 0.6) is 5.75 Å². The predicted octanol–water partition coefficient (Wildman–Crippen LogP) is 3.09. The number of anilines is 1. The van der Waals surface area contributed by atoms with E-state index in [0.717, 1.165) is 21.9 Å². The third kappa shape index (κ3) is 3.32. The Morgan fingerprint density at radius 3 is 2.90 bits per heavy atom. The zero-order valence-electron chi connectivity index (χ0n) is 11.8. The van der Waals surface area contributed by atoms with E-state index < -0.39 is 0 Å². The van der Waals surface area contributed by atoms with Crippen LogP contribution >= 0.6 is 15.9 Å². The van der Waals surface area contributed by atoms with Crippen molar-refractivity contribution < 1.29 is 9.47 Å². The Morgan fingerprint density at radius 2 is 2.20 bits per heavy atom. The third-order valence-electron chi connectivity index (χ3n) is 2.83. The molecule has 2 rings (SSSR count). The van der Waals surface area contributed by atoms with E-state index in [0.29, 0.717) is 6.61 Å². The molecule has 1 heterocycles. The number of ether oxygens (including phenoxy) is 2. The van der Waals surface area contributed by atoms with Crippen LogP contribution in [0.4, 0.5) is 5.95 Å². The molecule has 0 spiro atoms. The summed E-state index contributed by atoms with van der Waals surface area (Å²) < 4.78 is 13.5. The largest absolute Gasteiger partial charge is 0.495 e. The van der Waals surface area contributed by atoms with Crippen LogP contribution in [-0.2, 0) is 4.74 Å². The van der Waals surface area contributed by atoms with Crippen molar-refractivity contribution in [3.63, 3.8) is 0 Å². The van der Waals surface area contributed by atoms with Crippen LogP contribution in [0.25, 0.3) is 5.69 Å². The first kappa shape index (κ1) is 14.9. The van der Waals surface area contributed by atoms with Gasteiger partial charge in [0.15, 0.2) is 0 Å². The molecule has 0 saturated carbocycles. The zero-order chi connectivity index (χ0) is 14.5. The zero-order valence-corrected chi connectivity index (χ0v) is 13.3. The second-order valence-electron chi connectivity index (χ2n) is 4.44. The van der Waals surface area contributed by atoms with Crippen molar-refractivity contribution in [2.24, 2.45) is 0 Å². The maximum atomic E-state index is 5.41. The summed E-state index contributed by atoms with van der Waals surface area (Å²) in [7, 11) is 3.34. The van der Waals surface area contributed by atoms with E-state index >= 15 is 0 Å². The first-order valence-corrected chi connectivity index (χ1v) is 7.07. The van der Waals surface area contributed by atoms with Crippen LogP contribution in [0, 0.1) is 0 Å². The Kier molecular flexibility index (Phi) is 5.03. The highest BCUT2D eigenvalue weighted by molar-refractivity contribution is 9.10. The molecule has 5 nitrogen and oxygen atoms in total. The number of rotatable bonds is 6. The Labute approximate surface area is 127 Å². The van der Waals surface area contributed by atoms with Crippen molar-refractivity contribution in [3.8, 4) is 11.4 Å². The summed E-state index contributed by atoms with van der Waals surface area (Å²) in [5, 5.41) is 3.32. The fraction of sp³-hybridized carbons (Fsp3) is 0.357. The van der Waals surface area contributed by atoms with Crippen molar-refractivity contribution in [3.05, 3.63) is 35.1 Å². The maximum absolute atomic E-state index is 5.41. The van der Waals surface area contributed by atoms with Gasteiger partial charge in [-0.1, -0.05) is 15.9 Å². The predicted molar refractivity (Wildman–Crippen MR) is 82.8 cm³/mol. The molecule has 108 valence electrons. The van der Waals surface area contributed by atoms with Crippen molar-refractivity contribution in [2.75, 3.05) is 26.1 Å². The fourth-order valence-corrected chi connectivity index (χ4v) is 2.32. The molecule has 0 saturated heterocycles. The molecule has 0 amide bonds. The molecule has 0 radical (unpaired) electrons. The van der Waals surface area contributed by atoms with Gasteiger partial charge in [0.2, 0.25) is 5.95 Å². The number of hydrogen-bond acceptors (Lipinski definition) is 4. The molecular formula is C14H18BrN3O2. The van der Waals surface area contributed by atoms with E-state index in [2.05, 4.69) is 26.2 Å². The van der Waals surface area contributed by atoms with Gasteiger partial charge in [0.25, 0.3) is 0 Å². The van der Waals surface area contributed by atoms with Gasteiger partial charge < -0.3 is 14.8 Å². The second-order valence-corrected chi connectivity index (χ2v) is 5.35. The molecule has 0 aliphatic heterocycles. The Balaban J connectivity index is 2.34. The number of aromatic nitrogens is 2. The summed E-state index contributed by atoms with van der Waals surface area (Å²) in [6.45, 7) is 2.66. The Hall–Kier alpha value is -1.53. The van der Waals surface area contributed by atoms with Crippen molar-refractivity contribution in [2.45, 2.75) is 13.0 Å². The van der Waals surface area contributed by atoms with Crippen LogP contribution in [0.15, 0.2) is 35.1 Å². The Bertz CT molecular complexity index is 571. The van der Waals surface area contributed by atoms with Gasteiger partial charge in [-0.25, -0.2) is 4.98 Å². The standard InChI is InChI=1S/C14H18BrN3O2/c1-10(9-19-2)17-14-16-6-7-18(14)12-8-11(15)4-5-13(12)20-3/h4-8,10H,9H2,1-3H3,(H,16,17). The second kappa shape index (κ2) is 6.76. The fourth-order valence-electron chi connectivity index (χ4n) is 1.97. The number of nitrogens with one attached hydrogen (secondary N) is 1. The van der Waals surface area contributed by atoms with Gasteiger partial charge >= 0.3 is 0 Å². The molecule has 0 aliphatic carbocycles. The highest BCUT2D eigenvalue weighted by Crippen LogP contribution is 2.28. The lowest BCUT2D eigenvalue weighted by molar-refractivity contribution is 0.190. The molecule has 2 aromatic rings. The van der Waals surface area contributed by atoms with Gasteiger partial charge in [0.05, 0.1) is 19.4 Å². The molecule has 1 atom stereocenters. The topological polar surface area (TPSA) is 48.3 Å². The van der Waals surface area contributed by atoms with Crippen molar-refractivity contribution in [1.82, 2.24) is 9.55 Å². The minimum absolute atomic E-state index is 0.166. The first-order chi connectivity index (χ1) is 9.65. The number of methoxy groups -OCH3 is 2. The average molecular weight is 340 g/mol. The normalized spacial score (nSPS) is 12.2. The monoisotopic (exact) mass is 339 g/mol. The van der Waals surface area contributed by atoms with Crippen molar-refractivity contribution >= 4 is 21.9 Å². The quantitative estimate of drug-likeness (QED) is 0.878. The van der Waals surface area contributed by atoms with Gasteiger partial charge in [0, 0.05) is 30.0 Å². The lowest BCUT2D eigenvalue weighted by Gasteiger charge is -2.17. The van der Waals surface area contributed by atoms with Crippen molar-refractivity contribution in [1.29, 1.82) is 0 Å². The van der Waals surface area contributed by atoms with Crippen LogP contribution in [-0.4, -0.2) is 36.4 Å². The first-order valence-electron chi connectivity index (χ1n) is 6.28. The molecule has 0 bridgehead atoms. The van der Waals surface area contributed by atoms with Gasteiger partial charge in [-0.05, 0) is 25.1 Å². The minimum Gasteiger partial charge on any atom is -0.495 e. The summed E-state index contributed by atoms with van der Waals surface area (Å²) >= 11 is 3.48. The van der Waals surface area contributed by atoms with Gasteiger partial charge in [0.1, 0.15) is 5.75 Å². The van der Waals surface area contributed by atoms with Crippen LogP contribution in [0.1, 0.15) is 6.92 Å². The van der Waals surface area contributed by atoms with Gasteiger partial charge in [-0.3, -0.25) is 4.57 Å². The van der Waals surface area contributed by atoms with E-state index in [1.54, 1.807) is 20.4 Å². The lowest BCUT2D eigenvalue weighted by Crippen LogP contribution is -2.22. The van der Waals surface area contributed by atoms with E-state index in [1.807, 2.05) is 35.9 Å². The number of nitrogens with zero attached hydrogens (tertiary/aromatic N) is 2. The summed E-state index contributed by atoms with van der Waals surface area (Å²) in [5.41, 5.74) is 0.923. The van der Waals surface area contributed by atoms with Gasteiger partial charge in [-0.15, -0.1) is 0 Å². The molecule has 1 N–H and O–H groups in total.